The zero-order valence-corrected chi connectivity index (χ0v) is 13.4. The van der Waals surface area contributed by atoms with Crippen molar-refractivity contribution in [2.24, 2.45) is 4.99 Å². The summed E-state index contributed by atoms with van der Waals surface area (Å²) < 4.78 is 10.7. The molecule has 0 radical (unpaired) electrons. The molecule has 1 aliphatic rings. The second-order valence-electron chi connectivity index (χ2n) is 5.02. The van der Waals surface area contributed by atoms with E-state index in [1.807, 2.05) is 29.6 Å². The molecule has 1 aromatic carbocycles. The number of aliphatic imine (C=N–C) groups is 1. The van der Waals surface area contributed by atoms with Gasteiger partial charge in [0.05, 0.1) is 31.2 Å². The van der Waals surface area contributed by atoms with Crippen LogP contribution in [-0.2, 0) is 6.42 Å². The van der Waals surface area contributed by atoms with E-state index in [0.717, 1.165) is 28.1 Å². The van der Waals surface area contributed by atoms with E-state index in [1.54, 1.807) is 14.2 Å². The quantitative estimate of drug-likeness (QED) is 0.795. The van der Waals surface area contributed by atoms with Gasteiger partial charge in [0.2, 0.25) is 0 Å². The van der Waals surface area contributed by atoms with Crippen molar-refractivity contribution in [2.75, 3.05) is 20.8 Å². The number of rotatable bonds is 5. The molecule has 0 saturated heterocycles. The van der Waals surface area contributed by atoms with Crippen molar-refractivity contribution in [2.45, 2.75) is 12.8 Å². The summed E-state index contributed by atoms with van der Waals surface area (Å²) in [6, 6.07) is 7.65. The zero-order valence-electron chi connectivity index (χ0n) is 12.6. The molecule has 5 heteroatoms. The van der Waals surface area contributed by atoms with E-state index < -0.39 is 0 Å². The van der Waals surface area contributed by atoms with Gasteiger partial charge in [-0.05, 0) is 35.6 Å². The first-order chi connectivity index (χ1) is 10.7. The Morgan fingerprint density at radius 1 is 1.27 bits per heavy atom. The maximum atomic E-state index is 12.3. The lowest BCUT2D eigenvalue weighted by Crippen LogP contribution is -2.17. The van der Waals surface area contributed by atoms with Crippen molar-refractivity contribution < 1.29 is 14.3 Å². The molecule has 0 unspecified atom stereocenters. The van der Waals surface area contributed by atoms with Crippen molar-refractivity contribution in [1.82, 2.24) is 0 Å². The second-order valence-corrected chi connectivity index (χ2v) is 5.97. The topological polar surface area (TPSA) is 47.9 Å². The van der Waals surface area contributed by atoms with E-state index in [4.69, 9.17) is 9.47 Å². The monoisotopic (exact) mass is 315 g/mol. The first-order valence-electron chi connectivity index (χ1n) is 7.08. The summed E-state index contributed by atoms with van der Waals surface area (Å²) in [6.07, 6.45) is 1.18. The molecule has 1 aliphatic heterocycles. The maximum Gasteiger partial charge on any atom is 0.178 e. The van der Waals surface area contributed by atoms with Crippen LogP contribution in [0.4, 0.5) is 0 Å². The molecule has 0 fully saturated rings. The van der Waals surface area contributed by atoms with Crippen LogP contribution in [0.15, 0.2) is 34.6 Å². The highest BCUT2D eigenvalue weighted by Gasteiger charge is 2.21. The van der Waals surface area contributed by atoms with Crippen molar-refractivity contribution in [3.63, 3.8) is 0 Å². The van der Waals surface area contributed by atoms with Gasteiger partial charge in [-0.15, -0.1) is 11.3 Å². The number of thiophene rings is 1. The second kappa shape index (κ2) is 6.32. The lowest BCUT2D eigenvalue weighted by molar-refractivity contribution is 0.100. The molecule has 0 amide bonds. The SMILES string of the molecule is COc1cc2c(cc1OC)C(CC(=O)c1cccs1)=NCC2. The minimum atomic E-state index is 0.108. The summed E-state index contributed by atoms with van der Waals surface area (Å²) in [5.74, 6) is 1.49. The van der Waals surface area contributed by atoms with Gasteiger partial charge >= 0.3 is 0 Å². The highest BCUT2D eigenvalue weighted by molar-refractivity contribution is 7.12. The van der Waals surface area contributed by atoms with E-state index >= 15 is 0 Å². The van der Waals surface area contributed by atoms with E-state index in [2.05, 4.69) is 4.99 Å². The van der Waals surface area contributed by atoms with Gasteiger partial charge in [0.1, 0.15) is 0 Å². The van der Waals surface area contributed by atoms with Crippen LogP contribution in [0.5, 0.6) is 11.5 Å². The van der Waals surface area contributed by atoms with Gasteiger partial charge in [0.25, 0.3) is 0 Å². The summed E-state index contributed by atoms with van der Waals surface area (Å²) in [4.78, 5) is 17.7. The predicted octanol–water partition coefficient (Wildman–Crippen LogP) is 3.38. The van der Waals surface area contributed by atoms with Gasteiger partial charge in [0, 0.05) is 12.1 Å². The lowest BCUT2D eigenvalue weighted by Gasteiger charge is -2.19. The number of carbonyl (C=O) groups is 1. The van der Waals surface area contributed by atoms with Crippen LogP contribution in [0.25, 0.3) is 0 Å². The summed E-state index contributed by atoms with van der Waals surface area (Å²) in [7, 11) is 3.24. The Labute approximate surface area is 133 Å². The Hall–Kier alpha value is -2.14. The van der Waals surface area contributed by atoms with E-state index in [-0.39, 0.29) is 5.78 Å². The Bertz CT molecular complexity index is 720. The number of ketones is 1. The average molecular weight is 315 g/mol. The molecule has 0 atom stereocenters. The minimum Gasteiger partial charge on any atom is -0.493 e. The fourth-order valence-electron chi connectivity index (χ4n) is 2.62. The molecule has 22 heavy (non-hydrogen) atoms. The number of hydrogen-bond acceptors (Lipinski definition) is 5. The maximum absolute atomic E-state index is 12.3. The number of nitrogens with zero attached hydrogens (tertiary/aromatic N) is 1. The minimum absolute atomic E-state index is 0.108. The van der Waals surface area contributed by atoms with Crippen molar-refractivity contribution in [1.29, 1.82) is 0 Å². The van der Waals surface area contributed by atoms with Gasteiger partial charge < -0.3 is 9.47 Å². The molecule has 1 aromatic heterocycles. The molecule has 2 aromatic rings. The third kappa shape index (κ3) is 2.76. The third-order valence-corrected chi connectivity index (χ3v) is 4.64. The van der Waals surface area contributed by atoms with Crippen LogP contribution >= 0.6 is 11.3 Å². The fraction of sp³-hybridized carbons (Fsp3) is 0.294. The van der Waals surface area contributed by atoms with Crippen LogP contribution in [0, 0.1) is 0 Å². The Kier molecular flexibility index (Phi) is 4.24. The molecule has 0 saturated carbocycles. The molecule has 114 valence electrons. The van der Waals surface area contributed by atoms with Crippen LogP contribution in [0.3, 0.4) is 0 Å². The Balaban J connectivity index is 1.92. The largest absolute Gasteiger partial charge is 0.493 e. The number of ether oxygens (including phenoxy) is 2. The molecule has 4 nitrogen and oxygen atoms in total. The number of carbonyl (C=O) groups excluding carboxylic acids is 1. The standard InChI is InChI=1S/C17H17NO3S/c1-20-15-8-11-5-6-18-13(12(11)9-16(15)21-2)10-14(19)17-4-3-7-22-17/h3-4,7-9H,5-6,10H2,1-2H3. The Morgan fingerprint density at radius 3 is 2.73 bits per heavy atom. The lowest BCUT2D eigenvalue weighted by atomic mass is 9.94. The molecule has 0 aliphatic carbocycles. The number of fused-ring (bicyclic) bond motifs is 1. The highest BCUT2D eigenvalue weighted by Crippen LogP contribution is 2.33. The summed E-state index contributed by atoms with van der Waals surface area (Å²) in [5.41, 5.74) is 2.98. The first kappa shape index (κ1) is 14.8. The average Bonchev–Trinajstić information content (AvgIpc) is 3.08. The van der Waals surface area contributed by atoms with Gasteiger partial charge in [0.15, 0.2) is 17.3 Å². The Morgan fingerprint density at radius 2 is 2.05 bits per heavy atom. The van der Waals surface area contributed by atoms with Crippen LogP contribution < -0.4 is 9.47 Å². The number of Topliss-reactive ketones (excluding diaryl/α,β-unsaturated/α-hetero) is 1. The van der Waals surface area contributed by atoms with E-state index in [9.17, 15) is 4.79 Å². The van der Waals surface area contributed by atoms with Crippen molar-refractivity contribution in [3.8, 4) is 11.5 Å². The van der Waals surface area contributed by atoms with Gasteiger partial charge in [-0.1, -0.05) is 6.07 Å². The van der Waals surface area contributed by atoms with Gasteiger partial charge in [-0.25, -0.2) is 0 Å². The zero-order chi connectivity index (χ0) is 15.5. The number of hydrogen-bond donors (Lipinski definition) is 0. The number of benzene rings is 1. The first-order valence-corrected chi connectivity index (χ1v) is 7.96. The molecule has 0 spiro atoms. The van der Waals surface area contributed by atoms with Crippen LogP contribution in [-0.4, -0.2) is 32.3 Å². The predicted molar refractivity (Wildman–Crippen MR) is 87.9 cm³/mol. The summed E-state index contributed by atoms with van der Waals surface area (Å²) >= 11 is 1.47. The van der Waals surface area contributed by atoms with Crippen molar-refractivity contribution >= 4 is 22.8 Å². The molecule has 3 rings (SSSR count). The smallest absolute Gasteiger partial charge is 0.178 e. The molecule has 0 N–H and O–H groups in total. The molecule has 2 heterocycles. The summed E-state index contributed by atoms with van der Waals surface area (Å²) in [6.45, 7) is 0.704. The number of methoxy groups -OCH3 is 2. The van der Waals surface area contributed by atoms with Crippen LogP contribution in [0.1, 0.15) is 27.2 Å². The highest BCUT2D eigenvalue weighted by atomic mass is 32.1. The molecular weight excluding hydrogens is 298 g/mol. The van der Waals surface area contributed by atoms with E-state index in [1.165, 1.54) is 11.3 Å². The molecule has 0 bridgehead atoms. The fourth-order valence-corrected chi connectivity index (χ4v) is 3.29. The van der Waals surface area contributed by atoms with Gasteiger partial charge in [-0.3, -0.25) is 9.79 Å². The van der Waals surface area contributed by atoms with E-state index in [0.29, 0.717) is 24.5 Å². The third-order valence-electron chi connectivity index (χ3n) is 3.73. The van der Waals surface area contributed by atoms with Gasteiger partial charge in [-0.2, -0.15) is 0 Å². The molecular formula is C17H17NO3S. The summed E-state index contributed by atoms with van der Waals surface area (Å²) in [5, 5.41) is 1.91. The van der Waals surface area contributed by atoms with Crippen molar-refractivity contribution in [3.05, 3.63) is 45.6 Å². The van der Waals surface area contributed by atoms with Crippen LogP contribution in [0.2, 0.25) is 0 Å². The normalized spacial score (nSPS) is 13.3.